The second-order valence-corrected chi connectivity index (χ2v) is 4.76. The van der Waals surface area contributed by atoms with Crippen LogP contribution in [0.2, 0.25) is 0 Å². The molecule has 1 N–H and O–H groups in total. The number of amides is 1. The Hall–Kier alpha value is -3.05. The fourth-order valence-corrected chi connectivity index (χ4v) is 2.16. The lowest BCUT2D eigenvalue weighted by Gasteiger charge is -2.25. The predicted molar refractivity (Wildman–Crippen MR) is 75.8 cm³/mol. The van der Waals surface area contributed by atoms with E-state index in [2.05, 4.69) is 15.0 Å². The van der Waals surface area contributed by atoms with Crippen LogP contribution in [-0.2, 0) is 19.1 Å². The summed E-state index contributed by atoms with van der Waals surface area (Å²) in [7, 11) is 0. The maximum Gasteiger partial charge on any atom is 0.414 e. The predicted octanol–water partition coefficient (Wildman–Crippen LogP) is -0.390. The summed E-state index contributed by atoms with van der Waals surface area (Å²) in [5.74, 6) is -3.68. The molecule has 2 rings (SSSR count). The van der Waals surface area contributed by atoms with Gasteiger partial charge in [0, 0.05) is 0 Å². The number of carbonyl (C=O) groups is 3. The van der Waals surface area contributed by atoms with E-state index >= 15 is 0 Å². The molecule has 2 atom stereocenters. The molecule has 23 heavy (non-hydrogen) atoms. The minimum Gasteiger partial charge on any atom is -0.830 e. The fourth-order valence-electron chi connectivity index (χ4n) is 2.16. The highest BCUT2D eigenvalue weighted by atomic mass is 16.5. The number of diazo groups is 1. The zero-order valence-corrected chi connectivity index (χ0v) is 12.2. The Kier molecular flexibility index (Phi) is 4.52. The third-order valence-electron chi connectivity index (χ3n) is 3.29. The van der Waals surface area contributed by atoms with Gasteiger partial charge in [0.15, 0.2) is 5.78 Å². The molecule has 0 spiro atoms. The smallest absolute Gasteiger partial charge is 0.414 e. The minimum absolute atomic E-state index is 0.0938. The van der Waals surface area contributed by atoms with Gasteiger partial charge in [0.2, 0.25) is 11.3 Å². The maximum atomic E-state index is 12.7. The van der Waals surface area contributed by atoms with Crippen LogP contribution in [0.4, 0.5) is 0 Å². The van der Waals surface area contributed by atoms with E-state index in [1.54, 1.807) is 30.3 Å². The van der Waals surface area contributed by atoms with Gasteiger partial charge < -0.3 is 15.2 Å². The van der Waals surface area contributed by atoms with Crippen molar-refractivity contribution in [3.8, 4) is 0 Å². The van der Waals surface area contributed by atoms with Crippen LogP contribution in [0.3, 0.4) is 0 Å². The van der Waals surface area contributed by atoms with Crippen molar-refractivity contribution in [2.24, 2.45) is 0 Å². The van der Waals surface area contributed by atoms with E-state index in [1.165, 1.54) is 13.0 Å². The standard InChI is InChI=1S/C15H13N3O5/c1-2-23-13(20)11(18-16)15(22)12(19)10(17-14(15)21)8-9-6-4-3-5-7-9/h3-8,11H,2H2,1H3,(H,17,21)/b10-8-. The Morgan fingerprint density at radius 2 is 2.09 bits per heavy atom. The lowest BCUT2D eigenvalue weighted by molar-refractivity contribution is -0.436. The molecule has 2 unspecified atom stereocenters. The zero-order valence-electron chi connectivity index (χ0n) is 12.2. The zero-order chi connectivity index (χ0) is 17.0. The molecule has 1 aliphatic heterocycles. The number of nitrogens with one attached hydrogen (secondary N) is 1. The highest BCUT2D eigenvalue weighted by molar-refractivity contribution is 6.27. The molecule has 1 aromatic carbocycles. The van der Waals surface area contributed by atoms with E-state index in [-0.39, 0.29) is 12.3 Å². The lowest BCUT2D eigenvalue weighted by Crippen LogP contribution is -2.64. The van der Waals surface area contributed by atoms with E-state index < -0.39 is 29.3 Å². The van der Waals surface area contributed by atoms with Gasteiger partial charge in [-0.3, -0.25) is 9.59 Å². The van der Waals surface area contributed by atoms with Gasteiger partial charge in [0.25, 0.3) is 0 Å². The lowest BCUT2D eigenvalue weighted by atomic mass is 9.90. The first-order chi connectivity index (χ1) is 10.9. The van der Waals surface area contributed by atoms with Crippen LogP contribution >= 0.6 is 0 Å². The quantitative estimate of drug-likeness (QED) is 0.349. The number of hydrogen-bond acceptors (Lipinski definition) is 6. The molecule has 8 heteroatoms. The molecule has 0 radical (unpaired) electrons. The molecular formula is C15H13N3O5. The number of Topliss-reactive ketones (excluding diaryl/α,β-unsaturated/α-hetero) is 1. The average molecular weight is 315 g/mol. The summed E-state index contributed by atoms with van der Waals surface area (Å²) in [5.41, 5.74) is -2.79. The number of ether oxygens (including phenoxy) is 1. The minimum atomic E-state index is -3.10. The topological polar surface area (TPSA) is 124 Å². The molecule has 1 amide bonds. The Morgan fingerprint density at radius 1 is 1.43 bits per heavy atom. The van der Waals surface area contributed by atoms with E-state index in [1.807, 2.05) is 0 Å². The van der Waals surface area contributed by atoms with E-state index in [0.29, 0.717) is 5.56 Å². The van der Waals surface area contributed by atoms with E-state index in [9.17, 15) is 19.5 Å². The summed E-state index contributed by atoms with van der Waals surface area (Å²) in [6, 6.07) is 6.34. The molecule has 1 saturated heterocycles. The van der Waals surface area contributed by atoms with Crippen LogP contribution in [0.5, 0.6) is 0 Å². The first-order valence-electron chi connectivity index (χ1n) is 6.79. The number of ketones is 1. The van der Waals surface area contributed by atoms with E-state index in [0.717, 1.165) is 0 Å². The van der Waals surface area contributed by atoms with Gasteiger partial charge in [0.1, 0.15) is 10.6 Å². The number of esters is 1. The van der Waals surface area contributed by atoms with E-state index in [4.69, 9.17) is 5.39 Å². The SMILES string of the molecule is CCOC(=O)C([N+]#N)C1([O-])C(=O)N/C(=C\c2ccccc2)C1=O. The maximum absolute atomic E-state index is 12.7. The van der Waals surface area contributed by atoms with Crippen LogP contribution in [0.1, 0.15) is 12.5 Å². The summed E-state index contributed by atoms with van der Waals surface area (Å²) in [6.07, 6.45) is 1.31. The van der Waals surface area contributed by atoms with Crippen LogP contribution in [-0.4, -0.2) is 35.9 Å². The van der Waals surface area contributed by atoms with Crippen molar-refractivity contribution in [2.45, 2.75) is 18.6 Å². The number of rotatable bonds is 4. The van der Waals surface area contributed by atoms with Crippen molar-refractivity contribution >= 4 is 23.7 Å². The molecule has 8 nitrogen and oxygen atoms in total. The first kappa shape index (κ1) is 16.3. The second kappa shape index (κ2) is 6.37. The van der Waals surface area contributed by atoms with Crippen molar-refractivity contribution in [1.82, 2.24) is 5.32 Å². The Bertz CT molecular complexity index is 722. The molecule has 1 aliphatic rings. The third kappa shape index (κ3) is 2.82. The van der Waals surface area contributed by atoms with Gasteiger partial charge in [-0.1, -0.05) is 30.3 Å². The number of nitrogens with zero attached hydrogens (tertiary/aromatic N) is 2. The molecular weight excluding hydrogens is 302 g/mol. The normalized spacial score (nSPS) is 23.3. The summed E-state index contributed by atoms with van der Waals surface area (Å²) < 4.78 is 4.58. The van der Waals surface area contributed by atoms with Crippen LogP contribution < -0.4 is 10.4 Å². The molecule has 1 fully saturated rings. The van der Waals surface area contributed by atoms with Crippen molar-refractivity contribution < 1.29 is 24.2 Å². The molecule has 1 aromatic rings. The fraction of sp³-hybridized carbons (Fsp3) is 0.267. The number of hydrogen-bond donors (Lipinski definition) is 1. The number of carbonyl (C=O) groups excluding carboxylic acids is 3. The van der Waals surface area contributed by atoms with Crippen molar-refractivity contribution in [3.05, 3.63) is 46.6 Å². The highest BCUT2D eigenvalue weighted by Gasteiger charge is 2.60. The van der Waals surface area contributed by atoms with Gasteiger partial charge >= 0.3 is 12.0 Å². The molecule has 0 aliphatic carbocycles. The monoisotopic (exact) mass is 315 g/mol. The van der Waals surface area contributed by atoms with Crippen LogP contribution in [0, 0.1) is 5.39 Å². The van der Waals surface area contributed by atoms with Gasteiger partial charge in [-0.2, -0.15) is 0 Å². The van der Waals surface area contributed by atoms with Crippen LogP contribution in [0.15, 0.2) is 36.0 Å². The summed E-state index contributed by atoms with van der Waals surface area (Å²) in [4.78, 5) is 38.6. The third-order valence-corrected chi connectivity index (χ3v) is 3.29. The van der Waals surface area contributed by atoms with Gasteiger partial charge in [-0.05, 0) is 18.6 Å². The highest BCUT2D eigenvalue weighted by Crippen LogP contribution is 2.25. The Morgan fingerprint density at radius 3 is 2.65 bits per heavy atom. The van der Waals surface area contributed by atoms with Crippen molar-refractivity contribution in [3.63, 3.8) is 0 Å². The van der Waals surface area contributed by atoms with Crippen LogP contribution in [0.25, 0.3) is 11.1 Å². The Labute approximate surface area is 131 Å². The number of benzene rings is 1. The first-order valence-corrected chi connectivity index (χ1v) is 6.79. The van der Waals surface area contributed by atoms with Gasteiger partial charge in [0.05, 0.1) is 12.3 Å². The molecule has 0 bridgehead atoms. The van der Waals surface area contributed by atoms with Crippen molar-refractivity contribution in [1.29, 1.82) is 5.39 Å². The molecule has 1 heterocycles. The molecule has 118 valence electrons. The summed E-state index contributed by atoms with van der Waals surface area (Å²) in [5, 5.41) is 23.7. The average Bonchev–Trinajstić information content (AvgIpc) is 2.74. The summed E-state index contributed by atoms with van der Waals surface area (Å²) >= 11 is 0. The van der Waals surface area contributed by atoms with Gasteiger partial charge in [-0.15, -0.1) is 0 Å². The Balaban J connectivity index is 2.39. The van der Waals surface area contributed by atoms with Gasteiger partial charge in [-0.25, -0.2) is 4.79 Å². The summed E-state index contributed by atoms with van der Waals surface area (Å²) in [6.45, 7) is 1.38. The molecule has 0 aromatic heterocycles. The largest absolute Gasteiger partial charge is 0.830 e. The van der Waals surface area contributed by atoms with Crippen molar-refractivity contribution in [2.75, 3.05) is 6.61 Å². The molecule has 0 saturated carbocycles. The second-order valence-electron chi connectivity index (χ2n) is 4.76.